The van der Waals surface area contributed by atoms with Gasteiger partial charge in [-0.1, -0.05) is 25.7 Å². The summed E-state index contributed by atoms with van der Waals surface area (Å²) in [6.45, 7) is 0. The third-order valence-electron chi connectivity index (χ3n) is 4.91. The Bertz CT molecular complexity index is 738. The normalized spacial score (nSPS) is 15.8. The zero-order chi connectivity index (χ0) is 18.5. The Morgan fingerprint density at radius 3 is 2.35 bits per heavy atom. The SMILES string of the molecule is O=C(NC(Cc1ccncc1)CC1CCCC1)c1cc(F)c(F)c(F)c1. The van der Waals surface area contributed by atoms with Crippen LogP contribution in [0.15, 0.2) is 36.7 Å². The van der Waals surface area contributed by atoms with Crippen molar-refractivity contribution in [2.45, 2.75) is 44.6 Å². The predicted octanol–water partition coefficient (Wildman–Crippen LogP) is 4.42. The van der Waals surface area contributed by atoms with E-state index in [1.807, 2.05) is 12.1 Å². The van der Waals surface area contributed by atoms with Gasteiger partial charge < -0.3 is 5.32 Å². The summed E-state index contributed by atoms with van der Waals surface area (Å²) >= 11 is 0. The zero-order valence-corrected chi connectivity index (χ0v) is 14.4. The lowest BCUT2D eigenvalue weighted by atomic mass is 9.94. The lowest BCUT2D eigenvalue weighted by Crippen LogP contribution is -2.38. The number of carbonyl (C=O) groups is 1. The molecule has 1 saturated carbocycles. The van der Waals surface area contributed by atoms with Gasteiger partial charge in [0.1, 0.15) is 0 Å². The molecule has 138 valence electrons. The van der Waals surface area contributed by atoms with Crippen molar-refractivity contribution in [2.75, 3.05) is 0 Å². The number of amides is 1. The number of aromatic nitrogens is 1. The number of pyridine rings is 1. The average molecular weight is 362 g/mol. The first-order chi connectivity index (χ1) is 12.5. The fourth-order valence-corrected chi connectivity index (χ4v) is 3.60. The maximum absolute atomic E-state index is 13.4. The molecule has 26 heavy (non-hydrogen) atoms. The van der Waals surface area contributed by atoms with Gasteiger partial charge in [0.05, 0.1) is 0 Å². The maximum atomic E-state index is 13.4. The van der Waals surface area contributed by atoms with Crippen molar-refractivity contribution in [1.82, 2.24) is 10.3 Å². The molecule has 2 aromatic rings. The zero-order valence-electron chi connectivity index (χ0n) is 14.4. The fourth-order valence-electron chi connectivity index (χ4n) is 3.60. The van der Waals surface area contributed by atoms with Gasteiger partial charge in [0, 0.05) is 24.0 Å². The summed E-state index contributed by atoms with van der Waals surface area (Å²) in [5, 5.41) is 2.87. The van der Waals surface area contributed by atoms with Crippen LogP contribution in [0.1, 0.15) is 48.0 Å². The lowest BCUT2D eigenvalue weighted by Gasteiger charge is -2.22. The predicted molar refractivity (Wildman–Crippen MR) is 92.1 cm³/mol. The Morgan fingerprint density at radius 1 is 1.12 bits per heavy atom. The molecule has 6 heteroatoms. The maximum Gasteiger partial charge on any atom is 0.251 e. The summed E-state index contributed by atoms with van der Waals surface area (Å²) in [6.07, 6.45) is 9.43. The van der Waals surface area contributed by atoms with E-state index >= 15 is 0 Å². The van der Waals surface area contributed by atoms with E-state index in [2.05, 4.69) is 10.3 Å². The summed E-state index contributed by atoms with van der Waals surface area (Å²) in [5.41, 5.74) is 0.812. The van der Waals surface area contributed by atoms with E-state index in [0.29, 0.717) is 12.3 Å². The molecule has 1 aromatic carbocycles. The van der Waals surface area contributed by atoms with Crippen molar-refractivity contribution in [3.05, 3.63) is 65.2 Å². The Morgan fingerprint density at radius 2 is 1.73 bits per heavy atom. The summed E-state index contributed by atoms with van der Waals surface area (Å²) in [6, 6.07) is 5.06. The van der Waals surface area contributed by atoms with Gasteiger partial charge in [-0.15, -0.1) is 0 Å². The smallest absolute Gasteiger partial charge is 0.251 e. The van der Waals surface area contributed by atoms with Crippen LogP contribution in [0.3, 0.4) is 0 Å². The highest BCUT2D eigenvalue weighted by Crippen LogP contribution is 2.29. The van der Waals surface area contributed by atoms with E-state index in [-0.39, 0.29) is 11.6 Å². The molecule has 1 aliphatic carbocycles. The molecule has 1 unspecified atom stereocenters. The third-order valence-corrected chi connectivity index (χ3v) is 4.91. The highest BCUT2D eigenvalue weighted by Gasteiger charge is 2.23. The van der Waals surface area contributed by atoms with Crippen molar-refractivity contribution in [1.29, 1.82) is 0 Å². The van der Waals surface area contributed by atoms with E-state index in [1.54, 1.807) is 12.4 Å². The van der Waals surface area contributed by atoms with Crippen LogP contribution in [-0.4, -0.2) is 16.9 Å². The molecule has 1 amide bonds. The van der Waals surface area contributed by atoms with E-state index in [4.69, 9.17) is 0 Å². The molecular weight excluding hydrogens is 341 g/mol. The van der Waals surface area contributed by atoms with E-state index in [1.165, 1.54) is 12.8 Å². The highest BCUT2D eigenvalue weighted by atomic mass is 19.2. The van der Waals surface area contributed by atoms with Crippen LogP contribution in [0.4, 0.5) is 13.2 Å². The van der Waals surface area contributed by atoms with Gasteiger partial charge in [0.2, 0.25) is 0 Å². The van der Waals surface area contributed by atoms with Crippen LogP contribution in [0, 0.1) is 23.4 Å². The van der Waals surface area contributed by atoms with Crippen molar-refractivity contribution in [2.24, 2.45) is 5.92 Å². The molecule has 0 radical (unpaired) electrons. The molecular formula is C20H21F3N2O. The largest absolute Gasteiger partial charge is 0.349 e. The van der Waals surface area contributed by atoms with E-state index in [0.717, 1.165) is 37.0 Å². The Labute approximate surface area is 150 Å². The van der Waals surface area contributed by atoms with Gasteiger partial charge in [-0.25, -0.2) is 13.2 Å². The summed E-state index contributed by atoms with van der Waals surface area (Å²) < 4.78 is 39.9. The highest BCUT2D eigenvalue weighted by molar-refractivity contribution is 5.94. The summed E-state index contributed by atoms with van der Waals surface area (Å²) in [5.74, 6) is -4.36. The van der Waals surface area contributed by atoms with Gasteiger partial charge in [-0.2, -0.15) is 0 Å². The molecule has 0 spiro atoms. The minimum Gasteiger partial charge on any atom is -0.349 e. The molecule has 1 aromatic heterocycles. The minimum absolute atomic E-state index is 0.163. The van der Waals surface area contributed by atoms with Crippen molar-refractivity contribution >= 4 is 5.91 Å². The third kappa shape index (κ3) is 4.62. The van der Waals surface area contributed by atoms with Crippen LogP contribution in [0.25, 0.3) is 0 Å². The number of nitrogens with zero attached hydrogens (tertiary/aromatic N) is 1. The standard InChI is InChI=1S/C20H21F3N2O/c21-17-11-15(12-18(22)19(17)23)20(26)25-16(9-13-3-1-2-4-13)10-14-5-7-24-8-6-14/h5-8,11-13,16H,1-4,9-10H2,(H,25,26). The van der Waals surface area contributed by atoms with E-state index in [9.17, 15) is 18.0 Å². The van der Waals surface area contributed by atoms with Crippen LogP contribution in [0.2, 0.25) is 0 Å². The number of carbonyl (C=O) groups excluding carboxylic acids is 1. The van der Waals surface area contributed by atoms with Crippen molar-refractivity contribution < 1.29 is 18.0 Å². The number of halogens is 3. The number of hydrogen-bond donors (Lipinski definition) is 1. The molecule has 3 nitrogen and oxygen atoms in total. The van der Waals surface area contributed by atoms with Crippen LogP contribution in [-0.2, 0) is 6.42 Å². The first-order valence-corrected chi connectivity index (χ1v) is 8.87. The minimum atomic E-state index is -1.57. The first kappa shape index (κ1) is 18.4. The summed E-state index contributed by atoms with van der Waals surface area (Å²) in [7, 11) is 0. The van der Waals surface area contributed by atoms with Crippen LogP contribution in [0.5, 0.6) is 0 Å². The second-order valence-electron chi connectivity index (χ2n) is 6.87. The molecule has 0 bridgehead atoms. The van der Waals surface area contributed by atoms with Crippen molar-refractivity contribution in [3.63, 3.8) is 0 Å². The van der Waals surface area contributed by atoms with Crippen LogP contribution >= 0.6 is 0 Å². The van der Waals surface area contributed by atoms with E-state index < -0.39 is 23.4 Å². The van der Waals surface area contributed by atoms with Gasteiger partial charge in [-0.3, -0.25) is 9.78 Å². The molecule has 1 N–H and O–H groups in total. The summed E-state index contributed by atoms with van der Waals surface area (Å²) in [4.78, 5) is 16.4. The van der Waals surface area contributed by atoms with Gasteiger partial charge in [-0.05, 0) is 48.6 Å². The average Bonchev–Trinajstić information content (AvgIpc) is 3.13. The number of rotatable bonds is 6. The Kier molecular flexibility index (Phi) is 5.91. The Balaban J connectivity index is 1.74. The van der Waals surface area contributed by atoms with Gasteiger partial charge in [0.15, 0.2) is 17.5 Å². The first-order valence-electron chi connectivity index (χ1n) is 8.87. The second-order valence-corrected chi connectivity index (χ2v) is 6.87. The molecule has 1 heterocycles. The number of nitrogens with one attached hydrogen (secondary N) is 1. The molecule has 3 rings (SSSR count). The Hall–Kier alpha value is -2.37. The molecule has 1 aliphatic rings. The molecule has 1 atom stereocenters. The number of hydrogen-bond acceptors (Lipinski definition) is 2. The van der Waals surface area contributed by atoms with Crippen molar-refractivity contribution in [3.8, 4) is 0 Å². The molecule has 0 saturated heterocycles. The van der Waals surface area contributed by atoms with Gasteiger partial charge >= 0.3 is 0 Å². The number of benzene rings is 1. The molecule has 0 aliphatic heterocycles. The van der Waals surface area contributed by atoms with Crippen LogP contribution < -0.4 is 5.32 Å². The molecule has 1 fully saturated rings. The topological polar surface area (TPSA) is 42.0 Å². The fraction of sp³-hybridized carbons (Fsp3) is 0.400. The second kappa shape index (κ2) is 8.34. The lowest BCUT2D eigenvalue weighted by molar-refractivity contribution is 0.0930. The quantitative estimate of drug-likeness (QED) is 0.773. The monoisotopic (exact) mass is 362 g/mol. The van der Waals surface area contributed by atoms with Gasteiger partial charge in [0.25, 0.3) is 5.91 Å².